The van der Waals surface area contributed by atoms with Crippen LogP contribution < -0.4 is 0 Å². The van der Waals surface area contributed by atoms with Crippen molar-refractivity contribution in [2.75, 3.05) is 6.61 Å². The van der Waals surface area contributed by atoms with Crippen molar-refractivity contribution in [3.05, 3.63) is 0 Å². The molecule has 0 aromatic heterocycles. The molecule has 170 valence electrons. The monoisotopic (exact) mass is 418 g/mol. The lowest BCUT2D eigenvalue weighted by Crippen LogP contribution is -2.61. The van der Waals surface area contributed by atoms with E-state index in [1.54, 1.807) is 6.92 Å². The minimum absolute atomic E-state index is 0.00910. The van der Waals surface area contributed by atoms with E-state index in [9.17, 15) is 30.6 Å². The molecular formula is C21H38O8. The van der Waals surface area contributed by atoms with Crippen molar-refractivity contribution >= 4 is 0 Å². The van der Waals surface area contributed by atoms with Crippen molar-refractivity contribution in [1.29, 1.82) is 0 Å². The van der Waals surface area contributed by atoms with Gasteiger partial charge in [0.25, 0.3) is 0 Å². The summed E-state index contributed by atoms with van der Waals surface area (Å²) in [6.07, 6.45) is -3.60. The SMILES string of the molecule is CC1(O)CC(O)CC2(C)CCC(C(C)(C)OC3OC(CO)C(O)C(O)C3O)CC12. The molecule has 3 rings (SSSR count). The fourth-order valence-corrected chi connectivity index (χ4v) is 6.04. The Morgan fingerprint density at radius 1 is 1.03 bits per heavy atom. The lowest BCUT2D eigenvalue weighted by Gasteiger charge is -2.57. The van der Waals surface area contributed by atoms with Gasteiger partial charge in [0.05, 0.1) is 23.9 Å². The zero-order valence-electron chi connectivity index (χ0n) is 17.9. The van der Waals surface area contributed by atoms with Crippen molar-refractivity contribution in [3.8, 4) is 0 Å². The summed E-state index contributed by atoms with van der Waals surface area (Å²) in [5, 5.41) is 60.9. The molecular weight excluding hydrogens is 380 g/mol. The fraction of sp³-hybridized carbons (Fsp3) is 1.00. The van der Waals surface area contributed by atoms with Crippen LogP contribution in [0.1, 0.15) is 59.8 Å². The summed E-state index contributed by atoms with van der Waals surface area (Å²) in [5.74, 6) is 0.0736. The van der Waals surface area contributed by atoms with Gasteiger partial charge in [-0.1, -0.05) is 6.92 Å². The van der Waals surface area contributed by atoms with Crippen LogP contribution in [0.4, 0.5) is 0 Å². The van der Waals surface area contributed by atoms with E-state index in [0.717, 1.165) is 12.8 Å². The van der Waals surface area contributed by atoms with Crippen LogP contribution in [-0.2, 0) is 9.47 Å². The molecule has 1 heterocycles. The van der Waals surface area contributed by atoms with E-state index in [-0.39, 0.29) is 17.3 Å². The quantitative estimate of drug-likeness (QED) is 0.372. The molecule has 1 saturated heterocycles. The molecule has 0 spiro atoms. The first-order valence-electron chi connectivity index (χ1n) is 10.7. The number of aliphatic hydroxyl groups is 6. The van der Waals surface area contributed by atoms with E-state index in [1.807, 2.05) is 13.8 Å². The molecule has 10 unspecified atom stereocenters. The van der Waals surface area contributed by atoms with Crippen LogP contribution in [0.25, 0.3) is 0 Å². The Labute approximate surface area is 172 Å². The predicted molar refractivity (Wildman–Crippen MR) is 104 cm³/mol. The highest BCUT2D eigenvalue weighted by Crippen LogP contribution is 2.57. The summed E-state index contributed by atoms with van der Waals surface area (Å²) in [6, 6.07) is 0. The second-order valence-corrected chi connectivity index (χ2v) is 10.5. The highest BCUT2D eigenvalue weighted by Gasteiger charge is 2.56. The van der Waals surface area contributed by atoms with Gasteiger partial charge in [0, 0.05) is 6.42 Å². The molecule has 0 amide bonds. The molecule has 2 aliphatic carbocycles. The second kappa shape index (κ2) is 7.98. The molecule has 0 radical (unpaired) electrons. The van der Waals surface area contributed by atoms with Crippen LogP contribution in [-0.4, -0.2) is 85.3 Å². The maximum atomic E-state index is 11.0. The molecule has 1 aliphatic heterocycles. The summed E-state index contributed by atoms with van der Waals surface area (Å²) >= 11 is 0. The van der Waals surface area contributed by atoms with E-state index < -0.39 is 54.6 Å². The third-order valence-corrected chi connectivity index (χ3v) is 7.78. The van der Waals surface area contributed by atoms with Crippen LogP contribution in [0.2, 0.25) is 0 Å². The predicted octanol–water partition coefficient (Wildman–Crippen LogP) is -0.0902. The van der Waals surface area contributed by atoms with Crippen molar-refractivity contribution in [2.45, 2.75) is 108 Å². The van der Waals surface area contributed by atoms with E-state index in [0.29, 0.717) is 19.3 Å². The smallest absolute Gasteiger partial charge is 0.187 e. The molecule has 0 bridgehead atoms. The van der Waals surface area contributed by atoms with Crippen LogP contribution in [0.15, 0.2) is 0 Å². The maximum absolute atomic E-state index is 11.0. The molecule has 0 aromatic carbocycles. The van der Waals surface area contributed by atoms with Crippen LogP contribution in [0.3, 0.4) is 0 Å². The lowest BCUT2D eigenvalue weighted by atomic mass is 9.51. The number of hydrogen-bond donors (Lipinski definition) is 6. The standard InChI is InChI=1S/C21H38O8/c1-19(2,29-18-17(26)16(25)15(24)13(10-22)28-18)11-5-6-20(3)8-12(23)9-21(4,27)14(20)7-11/h11-18,22-27H,5-10H2,1-4H3. The van der Waals surface area contributed by atoms with Crippen molar-refractivity contribution < 1.29 is 40.1 Å². The van der Waals surface area contributed by atoms with Gasteiger partial charge in [0.2, 0.25) is 0 Å². The normalized spacial score (nSPS) is 51.5. The van der Waals surface area contributed by atoms with Crippen molar-refractivity contribution in [3.63, 3.8) is 0 Å². The Morgan fingerprint density at radius 3 is 2.31 bits per heavy atom. The van der Waals surface area contributed by atoms with Crippen LogP contribution in [0.5, 0.6) is 0 Å². The third-order valence-electron chi connectivity index (χ3n) is 7.78. The van der Waals surface area contributed by atoms with E-state index in [1.165, 1.54) is 0 Å². The first-order valence-corrected chi connectivity index (χ1v) is 10.7. The molecule has 29 heavy (non-hydrogen) atoms. The van der Waals surface area contributed by atoms with Gasteiger partial charge in [-0.15, -0.1) is 0 Å². The topological polar surface area (TPSA) is 140 Å². The van der Waals surface area contributed by atoms with Crippen LogP contribution in [0, 0.1) is 17.3 Å². The van der Waals surface area contributed by atoms with Crippen molar-refractivity contribution in [2.24, 2.45) is 17.3 Å². The highest BCUT2D eigenvalue weighted by molar-refractivity contribution is 5.05. The minimum Gasteiger partial charge on any atom is -0.394 e. The molecule has 3 fully saturated rings. The Morgan fingerprint density at radius 2 is 1.69 bits per heavy atom. The summed E-state index contributed by atoms with van der Waals surface area (Å²) in [7, 11) is 0. The van der Waals surface area contributed by atoms with Gasteiger partial charge in [-0.2, -0.15) is 0 Å². The zero-order chi connectivity index (χ0) is 21.8. The average molecular weight is 419 g/mol. The Balaban J connectivity index is 1.73. The number of fused-ring (bicyclic) bond motifs is 1. The summed E-state index contributed by atoms with van der Waals surface area (Å²) in [6.45, 7) is 7.23. The Kier molecular flexibility index (Phi) is 6.43. The zero-order valence-corrected chi connectivity index (χ0v) is 17.9. The van der Waals surface area contributed by atoms with Gasteiger partial charge in [0.15, 0.2) is 6.29 Å². The van der Waals surface area contributed by atoms with E-state index in [4.69, 9.17) is 9.47 Å². The molecule has 10 atom stereocenters. The first kappa shape index (κ1) is 23.3. The third kappa shape index (κ3) is 4.36. The fourth-order valence-electron chi connectivity index (χ4n) is 6.04. The van der Waals surface area contributed by atoms with Gasteiger partial charge in [-0.05, 0) is 63.7 Å². The van der Waals surface area contributed by atoms with E-state index in [2.05, 4.69) is 6.92 Å². The number of hydrogen-bond acceptors (Lipinski definition) is 8. The maximum Gasteiger partial charge on any atom is 0.187 e. The largest absolute Gasteiger partial charge is 0.394 e. The van der Waals surface area contributed by atoms with Gasteiger partial charge in [-0.25, -0.2) is 0 Å². The molecule has 0 aromatic rings. The molecule has 6 N–H and O–H groups in total. The van der Waals surface area contributed by atoms with Gasteiger partial charge in [-0.3, -0.25) is 0 Å². The summed E-state index contributed by atoms with van der Waals surface area (Å²) in [5.41, 5.74) is -1.84. The number of rotatable bonds is 4. The number of ether oxygens (including phenoxy) is 2. The first-order chi connectivity index (χ1) is 13.3. The molecule has 8 heteroatoms. The molecule has 3 aliphatic rings. The highest BCUT2D eigenvalue weighted by atomic mass is 16.7. The summed E-state index contributed by atoms with van der Waals surface area (Å²) in [4.78, 5) is 0. The Bertz CT molecular complexity index is 579. The minimum atomic E-state index is -1.48. The van der Waals surface area contributed by atoms with Crippen molar-refractivity contribution in [1.82, 2.24) is 0 Å². The van der Waals surface area contributed by atoms with E-state index >= 15 is 0 Å². The second-order valence-electron chi connectivity index (χ2n) is 10.5. The number of aliphatic hydroxyl groups excluding tert-OH is 5. The van der Waals surface area contributed by atoms with Gasteiger partial charge >= 0.3 is 0 Å². The van der Waals surface area contributed by atoms with Crippen LogP contribution >= 0.6 is 0 Å². The lowest BCUT2D eigenvalue weighted by molar-refractivity contribution is -0.331. The average Bonchev–Trinajstić information content (AvgIpc) is 2.60. The molecule has 8 nitrogen and oxygen atoms in total. The van der Waals surface area contributed by atoms with Gasteiger partial charge < -0.3 is 40.1 Å². The van der Waals surface area contributed by atoms with Gasteiger partial charge in [0.1, 0.15) is 24.4 Å². The Hall–Kier alpha value is -0.320. The molecule has 2 saturated carbocycles. The summed E-state index contributed by atoms with van der Waals surface area (Å²) < 4.78 is 11.6.